The summed E-state index contributed by atoms with van der Waals surface area (Å²) in [5, 5.41) is 2.36. The van der Waals surface area contributed by atoms with E-state index < -0.39 is 20.8 Å². The van der Waals surface area contributed by atoms with Crippen LogP contribution in [0.5, 0.6) is 0 Å². The highest BCUT2D eigenvalue weighted by Gasteiger charge is 2.50. The second kappa shape index (κ2) is 9.34. The highest BCUT2D eigenvalue weighted by molar-refractivity contribution is 8.00. The molecular weight excluding hydrogens is 404 g/mol. The molecule has 1 aliphatic rings. The molecule has 0 bridgehead atoms. The van der Waals surface area contributed by atoms with Crippen molar-refractivity contribution in [1.82, 2.24) is 0 Å². The van der Waals surface area contributed by atoms with Gasteiger partial charge >= 0.3 is 6.16 Å². The van der Waals surface area contributed by atoms with Crippen molar-refractivity contribution in [1.29, 1.82) is 0 Å². The molecule has 2 aromatic rings. The van der Waals surface area contributed by atoms with E-state index in [1.54, 1.807) is 11.8 Å². The van der Waals surface area contributed by atoms with Crippen LogP contribution >= 0.6 is 11.8 Å². The van der Waals surface area contributed by atoms with E-state index in [1.165, 1.54) is 17.5 Å². The first kappa shape index (κ1) is 21.9. The summed E-state index contributed by atoms with van der Waals surface area (Å²) in [6.45, 7) is 7.14. The molecule has 1 heterocycles. The quantitative estimate of drug-likeness (QED) is 0.512. The van der Waals surface area contributed by atoms with Crippen molar-refractivity contribution in [2.45, 2.75) is 37.5 Å². The predicted molar refractivity (Wildman–Crippen MR) is 118 cm³/mol. The minimum Gasteiger partial charge on any atom is -0.438 e. The molecular formula is C22H28O5SSi. The third kappa shape index (κ3) is 4.86. The fourth-order valence-electron chi connectivity index (χ4n) is 3.69. The van der Waals surface area contributed by atoms with Crippen molar-refractivity contribution in [2.24, 2.45) is 0 Å². The second-order valence-electron chi connectivity index (χ2n) is 7.87. The van der Waals surface area contributed by atoms with Gasteiger partial charge in [0.15, 0.2) is 0 Å². The molecule has 0 N–H and O–H groups in total. The van der Waals surface area contributed by atoms with Crippen molar-refractivity contribution in [3.8, 4) is 0 Å². The highest BCUT2D eigenvalue weighted by atomic mass is 32.2. The van der Waals surface area contributed by atoms with Crippen LogP contribution in [0.4, 0.5) is 4.79 Å². The minimum atomic E-state index is -2.60. The van der Waals surface area contributed by atoms with Crippen molar-refractivity contribution >= 4 is 36.6 Å². The third-order valence-corrected chi connectivity index (χ3v) is 11.1. The highest BCUT2D eigenvalue weighted by Crippen LogP contribution is 2.38. The van der Waals surface area contributed by atoms with E-state index >= 15 is 0 Å². The lowest BCUT2D eigenvalue weighted by atomic mass is 10.2. The van der Waals surface area contributed by atoms with Crippen LogP contribution in [-0.4, -0.2) is 45.7 Å². The number of ether oxygens (including phenoxy) is 3. The van der Waals surface area contributed by atoms with Gasteiger partial charge in [-0.2, -0.15) is 0 Å². The maximum absolute atomic E-state index is 11.3. The number of benzene rings is 2. The molecule has 0 unspecified atom stereocenters. The number of methoxy groups -OCH3 is 1. The Kier molecular flexibility index (Phi) is 7.05. The number of hydrogen-bond donors (Lipinski definition) is 0. The molecule has 2 atom stereocenters. The first-order valence-electron chi connectivity index (χ1n) is 9.63. The molecule has 1 aliphatic heterocycles. The molecule has 0 radical (unpaired) electrons. The second-order valence-corrected chi connectivity index (χ2v) is 13.4. The molecule has 156 valence electrons. The third-order valence-electron chi connectivity index (χ3n) is 4.97. The maximum Gasteiger partial charge on any atom is 0.510 e. The summed E-state index contributed by atoms with van der Waals surface area (Å²) in [5.74, 6) is 0.559. The van der Waals surface area contributed by atoms with Crippen LogP contribution in [0.3, 0.4) is 0 Å². The SMILES string of the molecule is COC(=O)O[C@H]1CS[C@H](CO[Si](c2ccccc2)(c2ccccc2)C(C)(C)C)O1. The van der Waals surface area contributed by atoms with Gasteiger partial charge in [0.2, 0.25) is 6.29 Å². The summed E-state index contributed by atoms with van der Waals surface area (Å²) in [5.41, 5.74) is -0.202. The molecule has 7 heteroatoms. The number of thioether (sulfide) groups is 1. The van der Waals surface area contributed by atoms with Crippen LogP contribution in [0.15, 0.2) is 60.7 Å². The van der Waals surface area contributed by atoms with Crippen LogP contribution in [-0.2, 0) is 18.6 Å². The summed E-state index contributed by atoms with van der Waals surface area (Å²) in [6.07, 6.45) is -1.34. The van der Waals surface area contributed by atoms with E-state index in [4.69, 9.17) is 13.9 Å². The van der Waals surface area contributed by atoms with E-state index in [1.807, 2.05) is 12.1 Å². The first-order chi connectivity index (χ1) is 13.9. The smallest absolute Gasteiger partial charge is 0.438 e. The van der Waals surface area contributed by atoms with Gasteiger partial charge in [0.1, 0.15) is 5.44 Å². The Morgan fingerprint density at radius 1 is 1.07 bits per heavy atom. The number of hydrogen-bond acceptors (Lipinski definition) is 6. The largest absolute Gasteiger partial charge is 0.510 e. The topological polar surface area (TPSA) is 54.0 Å². The van der Waals surface area contributed by atoms with Gasteiger partial charge in [0.05, 0.1) is 19.5 Å². The molecule has 29 heavy (non-hydrogen) atoms. The molecule has 0 amide bonds. The Morgan fingerprint density at radius 2 is 1.62 bits per heavy atom. The van der Waals surface area contributed by atoms with E-state index in [0.717, 1.165) is 0 Å². The van der Waals surface area contributed by atoms with Gasteiger partial charge in [0.25, 0.3) is 8.32 Å². The first-order valence-corrected chi connectivity index (χ1v) is 12.6. The Morgan fingerprint density at radius 3 is 2.10 bits per heavy atom. The molecule has 0 aromatic heterocycles. The summed E-state index contributed by atoms with van der Waals surface area (Å²) in [7, 11) is -1.32. The van der Waals surface area contributed by atoms with Crippen molar-refractivity contribution in [3.05, 3.63) is 60.7 Å². The molecule has 0 aliphatic carbocycles. The summed E-state index contributed by atoms with van der Waals surface area (Å²) >= 11 is 1.59. The standard InChI is InChI=1S/C22H28O5SSi/c1-22(2,3)29(17-11-7-5-8-12-17,18-13-9-6-10-14-18)25-15-20-26-19(16-28-20)27-21(23)24-4/h5-14,19-20H,15-16H2,1-4H3/t19-,20+/m0/s1. The van der Waals surface area contributed by atoms with E-state index in [9.17, 15) is 4.79 Å². The normalized spacial score (nSPS) is 19.7. The number of carbonyl (C=O) groups excluding carboxylic acids is 1. The molecule has 1 fully saturated rings. The van der Waals surface area contributed by atoms with Gasteiger partial charge in [-0.1, -0.05) is 81.4 Å². The van der Waals surface area contributed by atoms with Crippen LogP contribution in [0.1, 0.15) is 20.8 Å². The predicted octanol–water partition coefficient (Wildman–Crippen LogP) is 3.76. The Labute approximate surface area is 177 Å². The summed E-state index contributed by atoms with van der Waals surface area (Å²) in [4.78, 5) is 11.3. The average molecular weight is 433 g/mol. The fourth-order valence-corrected chi connectivity index (χ4v) is 9.26. The Hall–Kier alpha value is -1.80. The van der Waals surface area contributed by atoms with Crippen LogP contribution < -0.4 is 10.4 Å². The summed E-state index contributed by atoms with van der Waals surface area (Å²) in [6, 6.07) is 21.0. The lowest BCUT2D eigenvalue weighted by Gasteiger charge is -2.43. The van der Waals surface area contributed by atoms with Gasteiger partial charge in [-0.3, -0.25) is 0 Å². The van der Waals surface area contributed by atoms with Gasteiger partial charge in [-0.15, -0.1) is 11.8 Å². The van der Waals surface area contributed by atoms with Crippen molar-refractivity contribution < 1.29 is 23.4 Å². The molecule has 0 saturated carbocycles. The lowest BCUT2D eigenvalue weighted by Crippen LogP contribution is -2.67. The van der Waals surface area contributed by atoms with E-state index in [-0.39, 0.29) is 10.5 Å². The van der Waals surface area contributed by atoms with Crippen molar-refractivity contribution in [3.63, 3.8) is 0 Å². The Bertz CT molecular complexity index is 754. The number of carbonyl (C=O) groups is 1. The maximum atomic E-state index is 11.3. The van der Waals surface area contributed by atoms with Crippen LogP contribution in [0, 0.1) is 0 Å². The van der Waals surface area contributed by atoms with E-state index in [2.05, 4.69) is 74.0 Å². The monoisotopic (exact) mass is 432 g/mol. The van der Waals surface area contributed by atoms with Gasteiger partial charge in [-0.05, 0) is 15.4 Å². The Balaban J connectivity index is 1.86. The zero-order valence-electron chi connectivity index (χ0n) is 17.3. The zero-order chi connectivity index (χ0) is 20.9. The molecule has 1 saturated heterocycles. The van der Waals surface area contributed by atoms with Gasteiger partial charge in [-0.25, -0.2) is 4.79 Å². The van der Waals surface area contributed by atoms with Gasteiger partial charge < -0.3 is 18.6 Å². The molecule has 2 aromatic carbocycles. The van der Waals surface area contributed by atoms with Crippen LogP contribution in [0.25, 0.3) is 0 Å². The minimum absolute atomic E-state index is 0.0963. The molecule has 5 nitrogen and oxygen atoms in total. The summed E-state index contributed by atoms with van der Waals surface area (Å²) < 4.78 is 22.4. The lowest BCUT2D eigenvalue weighted by molar-refractivity contribution is -0.109. The average Bonchev–Trinajstić information content (AvgIpc) is 3.16. The van der Waals surface area contributed by atoms with Crippen LogP contribution in [0.2, 0.25) is 5.04 Å². The zero-order valence-corrected chi connectivity index (χ0v) is 19.1. The molecule has 0 spiro atoms. The van der Waals surface area contributed by atoms with Crippen molar-refractivity contribution in [2.75, 3.05) is 19.5 Å². The van der Waals surface area contributed by atoms with E-state index in [0.29, 0.717) is 12.4 Å². The fraction of sp³-hybridized carbons (Fsp3) is 0.409. The van der Waals surface area contributed by atoms with Gasteiger partial charge in [0, 0.05) is 0 Å². The number of rotatable bonds is 6. The molecule has 3 rings (SSSR count).